The van der Waals surface area contributed by atoms with Gasteiger partial charge in [0.15, 0.2) is 6.04 Å². The molecule has 2 aliphatic rings. The van der Waals surface area contributed by atoms with Gasteiger partial charge in [0.2, 0.25) is 0 Å². The Morgan fingerprint density at radius 2 is 1.84 bits per heavy atom. The molecule has 3 N–H and O–H groups in total. The van der Waals surface area contributed by atoms with Crippen molar-refractivity contribution in [2.75, 3.05) is 11.5 Å². The van der Waals surface area contributed by atoms with Crippen LogP contribution < -0.4 is 10.2 Å². The average Bonchev–Trinajstić information content (AvgIpc) is 3.24. The third-order valence-electron chi connectivity index (χ3n) is 7.38. The van der Waals surface area contributed by atoms with Crippen molar-refractivity contribution in [1.82, 2.24) is 9.88 Å². The van der Waals surface area contributed by atoms with Crippen LogP contribution >= 0.6 is 0 Å². The molecule has 1 aliphatic carbocycles. The normalized spacial score (nSPS) is 15.5. The number of carboxylic acid groups (broad SMARTS) is 1. The second kappa shape index (κ2) is 10.7. The molecule has 0 fully saturated rings. The van der Waals surface area contributed by atoms with E-state index in [4.69, 9.17) is 0 Å². The second-order valence-electron chi connectivity index (χ2n) is 9.87. The van der Waals surface area contributed by atoms with Crippen LogP contribution in [0.15, 0.2) is 60.7 Å². The fourth-order valence-corrected chi connectivity index (χ4v) is 5.35. The van der Waals surface area contributed by atoms with Gasteiger partial charge >= 0.3 is 5.97 Å². The van der Waals surface area contributed by atoms with E-state index < -0.39 is 24.5 Å². The van der Waals surface area contributed by atoms with E-state index in [9.17, 15) is 24.6 Å². The van der Waals surface area contributed by atoms with Crippen LogP contribution in [0, 0.1) is 6.92 Å². The van der Waals surface area contributed by atoms with Gasteiger partial charge in [0, 0.05) is 16.9 Å². The molecule has 5 rings (SSSR count). The Balaban J connectivity index is 1.47. The van der Waals surface area contributed by atoms with E-state index >= 15 is 0 Å². The molecule has 0 spiro atoms. The lowest BCUT2D eigenvalue weighted by atomic mass is 9.90. The minimum atomic E-state index is -1.40. The number of anilines is 1. The van der Waals surface area contributed by atoms with Gasteiger partial charge < -0.3 is 25.0 Å². The predicted molar refractivity (Wildman–Crippen MR) is 144 cm³/mol. The maximum absolute atomic E-state index is 13.9. The Kier molecular flexibility index (Phi) is 7.15. The standard InChI is InChI=1S/C30H31N3O5/c1-19-15-21(11-13-24(19)20-7-3-2-4-8-20)29(36)33-17-23-12-14-27(28(35)31-25(18-34)30(37)38)32(23)16-22-9-5-6-10-26(22)33/h5-7,9-15,25,34H,2-4,8,16-18H2,1H3,(H,31,35)(H,37,38)/t25-/m1/s1. The zero-order valence-corrected chi connectivity index (χ0v) is 21.3. The number of benzene rings is 2. The number of hydrogen-bond acceptors (Lipinski definition) is 4. The summed E-state index contributed by atoms with van der Waals surface area (Å²) in [6, 6.07) is 15.5. The summed E-state index contributed by atoms with van der Waals surface area (Å²) >= 11 is 0. The predicted octanol–water partition coefficient (Wildman–Crippen LogP) is 4.14. The summed E-state index contributed by atoms with van der Waals surface area (Å²) < 4.78 is 1.79. The summed E-state index contributed by atoms with van der Waals surface area (Å²) in [5.41, 5.74) is 6.87. The highest BCUT2D eigenvalue weighted by Gasteiger charge is 2.29. The van der Waals surface area contributed by atoms with Crippen molar-refractivity contribution in [1.29, 1.82) is 0 Å². The SMILES string of the molecule is Cc1cc(C(=O)N2Cc3ccc(C(=O)N[C@H](CO)C(=O)O)n3Cc3ccccc32)ccc1C1=CCCCC1. The summed E-state index contributed by atoms with van der Waals surface area (Å²) in [6.45, 7) is 1.92. The van der Waals surface area contributed by atoms with Crippen LogP contribution in [0.5, 0.6) is 0 Å². The number of carbonyl (C=O) groups excluding carboxylic acids is 2. The van der Waals surface area contributed by atoms with Crippen molar-refractivity contribution in [3.63, 3.8) is 0 Å². The lowest BCUT2D eigenvalue weighted by molar-refractivity contribution is -0.140. The largest absolute Gasteiger partial charge is 0.480 e. The number of aliphatic carboxylic acids is 1. The zero-order valence-electron chi connectivity index (χ0n) is 21.3. The lowest BCUT2D eigenvalue weighted by Crippen LogP contribution is -2.44. The number of fused-ring (bicyclic) bond motifs is 2. The smallest absolute Gasteiger partial charge is 0.328 e. The van der Waals surface area contributed by atoms with E-state index in [0.717, 1.165) is 35.3 Å². The number of amides is 2. The molecular weight excluding hydrogens is 482 g/mol. The van der Waals surface area contributed by atoms with Gasteiger partial charge in [-0.2, -0.15) is 0 Å². The molecule has 8 heteroatoms. The third kappa shape index (κ3) is 4.87. The number of allylic oxidation sites excluding steroid dienone is 2. The fraction of sp³-hybridized carbons (Fsp3) is 0.300. The molecular formula is C30H31N3O5. The minimum absolute atomic E-state index is 0.128. The molecule has 0 saturated carbocycles. The van der Waals surface area contributed by atoms with Crippen molar-refractivity contribution >= 4 is 29.0 Å². The molecule has 2 heterocycles. The highest BCUT2D eigenvalue weighted by Crippen LogP contribution is 2.32. The molecule has 0 radical (unpaired) electrons. The molecule has 0 saturated heterocycles. The van der Waals surface area contributed by atoms with Gasteiger partial charge in [0.05, 0.1) is 19.7 Å². The molecule has 2 aromatic carbocycles. The summed E-state index contributed by atoms with van der Waals surface area (Å²) in [5.74, 6) is -2.04. The first-order chi connectivity index (χ1) is 18.4. The Morgan fingerprint density at radius 1 is 1.03 bits per heavy atom. The van der Waals surface area contributed by atoms with Crippen LogP contribution in [0.3, 0.4) is 0 Å². The monoisotopic (exact) mass is 513 g/mol. The maximum Gasteiger partial charge on any atom is 0.328 e. The molecule has 38 heavy (non-hydrogen) atoms. The molecule has 3 aromatic rings. The number of nitrogens with zero attached hydrogens (tertiary/aromatic N) is 2. The molecule has 2 amide bonds. The van der Waals surface area contributed by atoms with Crippen molar-refractivity contribution in [2.24, 2.45) is 0 Å². The fourth-order valence-electron chi connectivity index (χ4n) is 5.35. The maximum atomic E-state index is 13.9. The van der Waals surface area contributed by atoms with Crippen molar-refractivity contribution in [3.8, 4) is 0 Å². The van der Waals surface area contributed by atoms with Gasteiger partial charge in [-0.3, -0.25) is 9.59 Å². The number of rotatable bonds is 6. The van der Waals surface area contributed by atoms with Gasteiger partial charge in [-0.25, -0.2) is 4.79 Å². The molecule has 0 unspecified atom stereocenters. The number of aromatic nitrogens is 1. The van der Waals surface area contributed by atoms with E-state index in [1.807, 2.05) is 43.3 Å². The van der Waals surface area contributed by atoms with E-state index in [2.05, 4.69) is 17.5 Å². The summed E-state index contributed by atoms with van der Waals surface area (Å²) in [4.78, 5) is 39.9. The first kappa shape index (κ1) is 25.5. The zero-order chi connectivity index (χ0) is 26.8. The number of aryl methyl sites for hydroxylation is 1. The molecule has 1 atom stereocenters. The molecule has 1 aliphatic heterocycles. The summed E-state index contributed by atoms with van der Waals surface area (Å²) in [7, 11) is 0. The number of hydrogen-bond donors (Lipinski definition) is 3. The van der Waals surface area contributed by atoms with Crippen LogP contribution in [0.25, 0.3) is 5.57 Å². The van der Waals surface area contributed by atoms with Crippen LogP contribution in [-0.4, -0.2) is 45.2 Å². The number of aliphatic hydroxyl groups is 1. The van der Waals surface area contributed by atoms with E-state index in [0.29, 0.717) is 12.1 Å². The second-order valence-corrected chi connectivity index (χ2v) is 9.87. The number of aliphatic hydroxyl groups excluding tert-OH is 1. The van der Waals surface area contributed by atoms with Crippen molar-refractivity contribution in [3.05, 3.63) is 94.3 Å². The first-order valence-electron chi connectivity index (χ1n) is 12.9. The Morgan fingerprint density at radius 3 is 2.55 bits per heavy atom. The number of para-hydroxylation sites is 1. The molecule has 8 nitrogen and oxygen atoms in total. The average molecular weight is 514 g/mol. The highest BCUT2D eigenvalue weighted by molar-refractivity contribution is 6.07. The third-order valence-corrected chi connectivity index (χ3v) is 7.38. The molecule has 0 bridgehead atoms. The molecule has 196 valence electrons. The van der Waals surface area contributed by atoms with Gasteiger partial charge in [-0.1, -0.05) is 30.3 Å². The van der Waals surface area contributed by atoms with Crippen LogP contribution in [-0.2, 0) is 17.9 Å². The van der Waals surface area contributed by atoms with E-state index in [1.54, 1.807) is 21.6 Å². The van der Waals surface area contributed by atoms with Gasteiger partial charge in [0.1, 0.15) is 5.69 Å². The quantitative estimate of drug-likeness (QED) is 0.459. The summed E-state index contributed by atoms with van der Waals surface area (Å²) in [5, 5.41) is 20.9. The van der Waals surface area contributed by atoms with E-state index in [-0.39, 0.29) is 18.1 Å². The Hall–Kier alpha value is -4.17. The number of nitrogens with one attached hydrogen (secondary N) is 1. The van der Waals surface area contributed by atoms with Gasteiger partial charge in [-0.15, -0.1) is 0 Å². The summed E-state index contributed by atoms with van der Waals surface area (Å²) in [6.07, 6.45) is 6.87. The van der Waals surface area contributed by atoms with Crippen LogP contribution in [0.4, 0.5) is 5.69 Å². The number of carbonyl (C=O) groups is 3. The van der Waals surface area contributed by atoms with E-state index in [1.165, 1.54) is 24.0 Å². The van der Waals surface area contributed by atoms with Crippen molar-refractivity contribution < 1.29 is 24.6 Å². The molecule has 1 aromatic heterocycles. The van der Waals surface area contributed by atoms with Gasteiger partial charge in [-0.05, 0) is 85.2 Å². The Labute approximate surface area is 221 Å². The highest BCUT2D eigenvalue weighted by atomic mass is 16.4. The topological polar surface area (TPSA) is 112 Å². The van der Waals surface area contributed by atoms with Crippen molar-refractivity contribution in [2.45, 2.75) is 51.7 Å². The first-order valence-corrected chi connectivity index (χ1v) is 12.9. The van der Waals surface area contributed by atoms with Crippen LogP contribution in [0.2, 0.25) is 0 Å². The lowest BCUT2D eigenvalue weighted by Gasteiger charge is -2.23. The van der Waals surface area contributed by atoms with Gasteiger partial charge in [0.25, 0.3) is 11.8 Å². The number of carboxylic acids is 1. The Bertz CT molecular complexity index is 1440. The van der Waals surface area contributed by atoms with Crippen LogP contribution in [0.1, 0.15) is 68.9 Å². The minimum Gasteiger partial charge on any atom is -0.480 e.